The largest absolute Gasteiger partial charge is 0.390 e. The maximum atomic E-state index is 9.00. The summed E-state index contributed by atoms with van der Waals surface area (Å²) in [4.78, 5) is 2.44. The topological polar surface area (TPSA) is 41.3 Å². The van der Waals surface area contributed by atoms with E-state index in [4.69, 9.17) is 5.11 Å². The molecular formula is C13H27N3OS. The molecule has 2 heterocycles. The van der Waals surface area contributed by atoms with Crippen LogP contribution in [0.4, 0.5) is 0 Å². The first-order valence-electron chi connectivity index (χ1n) is 6.21. The van der Waals surface area contributed by atoms with E-state index in [-0.39, 0.29) is 14.0 Å². The first-order chi connectivity index (χ1) is 8.33. The van der Waals surface area contributed by atoms with Crippen LogP contribution in [0.1, 0.15) is 32.7 Å². The molecule has 2 rings (SSSR count). The standard InChI is InChI=1S/C10H17N3OS.C2H6.CH4/c1-15-5-4-12-2-3-13-10(7-12)6-9(8-14)11-13;1-2;/h6,14H,2-5,7-8H2,1H3;1-2H3;1H4. The molecule has 1 aromatic rings. The van der Waals surface area contributed by atoms with E-state index in [0.717, 1.165) is 31.9 Å². The molecule has 106 valence electrons. The molecule has 1 N–H and O–H groups in total. The Labute approximate surface area is 115 Å². The highest BCUT2D eigenvalue weighted by molar-refractivity contribution is 7.98. The molecular weight excluding hydrogens is 246 g/mol. The van der Waals surface area contributed by atoms with E-state index in [1.54, 1.807) is 0 Å². The second-order valence-corrected chi connectivity index (χ2v) is 4.76. The molecule has 4 nitrogen and oxygen atoms in total. The molecule has 0 bridgehead atoms. The second kappa shape index (κ2) is 9.42. The zero-order valence-electron chi connectivity index (χ0n) is 11.0. The van der Waals surface area contributed by atoms with Crippen molar-refractivity contribution in [1.82, 2.24) is 14.7 Å². The Hall–Kier alpha value is -0.520. The number of hydrogen-bond donors (Lipinski definition) is 1. The highest BCUT2D eigenvalue weighted by Crippen LogP contribution is 2.13. The average molecular weight is 273 g/mol. The SMILES string of the molecule is C.CC.CSCCN1CCn2nc(CO)cc2C1. The normalized spacial score (nSPS) is 14.2. The van der Waals surface area contributed by atoms with Gasteiger partial charge in [-0.2, -0.15) is 16.9 Å². The quantitative estimate of drug-likeness (QED) is 0.913. The lowest BCUT2D eigenvalue weighted by Crippen LogP contribution is -2.35. The van der Waals surface area contributed by atoms with Crippen molar-refractivity contribution >= 4 is 11.8 Å². The minimum absolute atomic E-state index is 0. The Morgan fingerprint density at radius 1 is 1.39 bits per heavy atom. The summed E-state index contributed by atoms with van der Waals surface area (Å²) in [6.07, 6.45) is 2.14. The van der Waals surface area contributed by atoms with Crippen LogP contribution in [0, 0.1) is 0 Å². The number of aromatic nitrogens is 2. The van der Waals surface area contributed by atoms with Crippen LogP contribution in [0.25, 0.3) is 0 Å². The maximum absolute atomic E-state index is 9.00. The number of aliphatic hydroxyl groups is 1. The summed E-state index contributed by atoms with van der Waals surface area (Å²) in [6, 6.07) is 2.01. The summed E-state index contributed by atoms with van der Waals surface area (Å²) in [5.74, 6) is 1.18. The monoisotopic (exact) mass is 273 g/mol. The molecule has 0 aromatic carbocycles. The number of hydrogen-bond acceptors (Lipinski definition) is 4. The molecule has 0 radical (unpaired) electrons. The fourth-order valence-corrected chi connectivity index (χ4v) is 2.31. The van der Waals surface area contributed by atoms with Gasteiger partial charge in [-0.3, -0.25) is 9.58 Å². The molecule has 0 saturated carbocycles. The van der Waals surface area contributed by atoms with E-state index in [1.165, 1.54) is 11.4 Å². The second-order valence-electron chi connectivity index (χ2n) is 3.78. The minimum atomic E-state index is 0. The van der Waals surface area contributed by atoms with Crippen LogP contribution in [0.15, 0.2) is 6.07 Å². The third-order valence-corrected chi connectivity index (χ3v) is 3.29. The fourth-order valence-electron chi connectivity index (χ4n) is 1.87. The van der Waals surface area contributed by atoms with Gasteiger partial charge < -0.3 is 5.11 Å². The molecule has 0 amide bonds. The summed E-state index contributed by atoms with van der Waals surface area (Å²) in [6.45, 7) is 8.17. The predicted molar refractivity (Wildman–Crippen MR) is 79.9 cm³/mol. The van der Waals surface area contributed by atoms with Crippen LogP contribution in [-0.2, 0) is 19.7 Å². The van der Waals surface area contributed by atoms with E-state index in [2.05, 4.69) is 16.3 Å². The summed E-state index contributed by atoms with van der Waals surface area (Å²) < 4.78 is 2.02. The number of rotatable bonds is 4. The molecule has 0 spiro atoms. The van der Waals surface area contributed by atoms with E-state index in [9.17, 15) is 0 Å². The van der Waals surface area contributed by atoms with Crippen LogP contribution in [0.2, 0.25) is 0 Å². The zero-order valence-corrected chi connectivity index (χ0v) is 11.8. The average Bonchev–Trinajstić information content (AvgIpc) is 2.80. The summed E-state index contributed by atoms with van der Waals surface area (Å²) >= 11 is 1.88. The van der Waals surface area contributed by atoms with Crippen molar-refractivity contribution < 1.29 is 5.11 Å². The first kappa shape index (κ1) is 17.5. The van der Waals surface area contributed by atoms with E-state index < -0.39 is 0 Å². The summed E-state index contributed by atoms with van der Waals surface area (Å²) in [5, 5.41) is 13.3. The van der Waals surface area contributed by atoms with Crippen molar-refractivity contribution in [2.24, 2.45) is 0 Å². The predicted octanol–water partition coefficient (Wildman–Crippen LogP) is 2.22. The van der Waals surface area contributed by atoms with Crippen molar-refractivity contribution in [3.63, 3.8) is 0 Å². The highest BCUT2D eigenvalue weighted by atomic mass is 32.2. The van der Waals surface area contributed by atoms with Crippen molar-refractivity contribution in [2.45, 2.75) is 41.0 Å². The minimum Gasteiger partial charge on any atom is -0.390 e. The van der Waals surface area contributed by atoms with Crippen LogP contribution >= 0.6 is 11.8 Å². The molecule has 0 fully saturated rings. The van der Waals surface area contributed by atoms with Crippen LogP contribution in [0.3, 0.4) is 0 Å². The van der Waals surface area contributed by atoms with Gasteiger partial charge in [-0.1, -0.05) is 21.3 Å². The molecule has 1 aliphatic heterocycles. The Morgan fingerprint density at radius 3 is 2.72 bits per heavy atom. The maximum Gasteiger partial charge on any atom is 0.0882 e. The molecule has 0 unspecified atom stereocenters. The highest BCUT2D eigenvalue weighted by Gasteiger charge is 2.17. The van der Waals surface area contributed by atoms with Gasteiger partial charge in [0.25, 0.3) is 0 Å². The van der Waals surface area contributed by atoms with E-state index >= 15 is 0 Å². The Bertz CT molecular complexity index is 328. The van der Waals surface area contributed by atoms with E-state index in [0.29, 0.717) is 0 Å². The van der Waals surface area contributed by atoms with Crippen molar-refractivity contribution in [3.05, 3.63) is 17.5 Å². The number of thioether (sulfide) groups is 1. The van der Waals surface area contributed by atoms with Gasteiger partial charge in [-0.25, -0.2) is 0 Å². The molecule has 0 saturated heterocycles. The van der Waals surface area contributed by atoms with Crippen molar-refractivity contribution in [2.75, 3.05) is 25.1 Å². The van der Waals surface area contributed by atoms with Gasteiger partial charge in [0, 0.05) is 25.4 Å². The lowest BCUT2D eigenvalue weighted by atomic mass is 10.3. The Morgan fingerprint density at radius 2 is 2.11 bits per heavy atom. The van der Waals surface area contributed by atoms with Gasteiger partial charge in [0.15, 0.2) is 0 Å². The number of aliphatic hydroxyl groups excluding tert-OH is 1. The Kier molecular flexibility index (Phi) is 9.14. The van der Waals surface area contributed by atoms with Crippen LogP contribution in [0.5, 0.6) is 0 Å². The molecule has 18 heavy (non-hydrogen) atoms. The van der Waals surface area contributed by atoms with Crippen LogP contribution in [-0.4, -0.2) is 44.9 Å². The van der Waals surface area contributed by atoms with Gasteiger partial charge in [0.2, 0.25) is 0 Å². The fraction of sp³-hybridized carbons (Fsp3) is 0.769. The smallest absolute Gasteiger partial charge is 0.0882 e. The first-order valence-corrected chi connectivity index (χ1v) is 7.60. The van der Waals surface area contributed by atoms with Crippen LogP contribution < -0.4 is 0 Å². The lowest BCUT2D eigenvalue weighted by Gasteiger charge is -2.27. The molecule has 0 atom stereocenters. The molecule has 0 aliphatic carbocycles. The number of nitrogens with zero attached hydrogens (tertiary/aromatic N) is 3. The number of fused-ring (bicyclic) bond motifs is 1. The molecule has 1 aliphatic rings. The van der Waals surface area contributed by atoms with Crippen molar-refractivity contribution in [1.29, 1.82) is 0 Å². The third-order valence-electron chi connectivity index (χ3n) is 2.70. The lowest BCUT2D eigenvalue weighted by molar-refractivity contribution is 0.224. The molecule has 1 aromatic heterocycles. The van der Waals surface area contributed by atoms with Crippen molar-refractivity contribution in [3.8, 4) is 0 Å². The van der Waals surface area contributed by atoms with E-state index in [1.807, 2.05) is 36.4 Å². The van der Waals surface area contributed by atoms with Gasteiger partial charge >= 0.3 is 0 Å². The third kappa shape index (κ3) is 4.63. The van der Waals surface area contributed by atoms with Gasteiger partial charge in [0.05, 0.1) is 24.5 Å². The van der Waals surface area contributed by atoms with Gasteiger partial charge in [-0.05, 0) is 12.3 Å². The van der Waals surface area contributed by atoms with Gasteiger partial charge in [-0.15, -0.1) is 0 Å². The Balaban J connectivity index is 0.000000917. The summed E-state index contributed by atoms with van der Waals surface area (Å²) in [7, 11) is 0. The zero-order chi connectivity index (χ0) is 12.7. The molecule has 5 heteroatoms. The van der Waals surface area contributed by atoms with Gasteiger partial charge in [0.1, 0.15) is 0 Å². The summed E-state index contributed by atoms with van der Waals surface area (Å²) in [5.41, 5.74) is 2.02.